The van der Waals surface area contributed by atoms with Gasteiger partial charge >= 0.3 is 0 Å². The summed E-state index contributed by atoms with van der Waals surface area (Å²) in [5, 5.41) is 2.46. The Morgan fingerprint density at radius 1 is 1.09 bits per heavy atom. The zero-order valence-electron chi connectivity index (χ0n) is 12.3. The molecule has 1 aliphatic heterocycles. The van der Waals surface area contributed by atoms with E-state index in [4.69, 9.17) is 4.74 Å². The van der Waals surface area contributed by atoms with E-state index in [9.17, 15) is 9.59 Å². The van der Waals surface area contributed by atoms with Gasteiger partial charge in [0.1, 0.15) is 5.69 Å². The minimum absolute atomic E-state index is 0.282. The van der Waals surface area contributed by atoms with E-state index in [1.807, 2.05) is 6.07 Å². The van der Waals surface area contributed by atoms with E-state index in [2.05, 4.69) is 20.7 Å². The number of benzene rings is 1. The van der Waals surface area contributed by atoms with Crippen molar-refractivity contribution in [2.45, 2.75) is 0 Å². The van der Waals surface area contributed by atoms with Gasteiger partial charge in [0.15, 0.2) is 5.13 Å². The number of amides is 2. The molecule has 8 heteroatoms. The van der Waals surface area contributed by atoms with E-state index in [-0.39, 0.29) is 11.6 Å². The summed E-state index contributed by atoms with van der Waals surface area (Å²) < 4.78 is 5.29. The lowest BCUT2D eigenvalue weighted by molar-refractivity contribution is 0.0844. The van der Waals surface area contributed by atoms with Crippen molar-refractivity contribution in [3.8, 4) is 0 Å². The molecule has 3 rings (SSSR count). The second kappa shape index (κ2) is 7.21. The average Bonchev–Trinajstić information content (AvgIpc) is 3.11. The predicted molar refractivity (Wildman–Crippen MR) is 86.5 cm³/mol. The van der Waals surface area contributed by atoms with Gasteiger partial charge in [0.25, 0.3) is 11.8 Å². The van der Waals surface area contributed by atoms with Crippen LogP contribution >= 0.6 is 11.3 Å². The predicted octanol–water partition coefficient (Wildman–Crippen LogP) is 1.05. The van der Waals surface area contributed by atoms with E-state index >= 15 is 0 Å². The minimum Gasteiger partial charge on any atom is -0.378 e. The van der Waals surface area contributed by atoms with Gasteiger partial charge in [0.05, 0.1) is 13.2 Å². The van der Waals surface area contributed by atoms with Crippen molar-refractivity contribution < 1.29 is 14.3 Å². The molecule has 0 bridgehead atoms. The number of hydrogen-bond acceptors (Lipinski definition) is 6. The number of ether oxygens (including phenoxy) is 1. The van der Waals surface area contributed by atoms with E-state index in [0.717, 1.165) is 18.2 Å². The Labute approximate surface area is 137 Å². The molecule has 2 heterocycles. The molecule has 0 atom stereocenters. The first-order chi connectivity index (χ1) is 11.2. The first kappa shape index (κ1) is 15.4. The fourth-order valence-corrected chi connectivity index (χ4v) is 2.97. The SMILES string of the molecule is O=C(NNC(=O)c1csc(N2CCOCC2)n1)c1ccccc1. The second-order valence-electron chi connectivity index (χ2n) is 4.89. The molecule has 1 aromatic heterocycles. The molecular formula is C15H16N4O3S. The van der Waals surface area contributed by atoms with Crippen LogP contribution in [0.4, 0.5) is 5.13 Å². The Morgan fingerprint density at radius 3 is 2.52 bits per heavy atom. The number of carbonyl (C=O) groups is 2. The van der Waals surface area contributed by atoms with Crippen molar-refractivity contribution in [1.82, 2.24) is 15.8 Å². The maximum atomic E-state index is 12.1. The molecule has 0 aliphatic carbocycles. The van der Waals surface area contributed by atoms with Crippen LogP contribution in [0.15, 0.2) is 35.7 Å². The van der Waals surface area contributed by atoms with Crippen LogP contribution in [0.2, 0.25) is 0 Å². The van der Waals surface area contributed by atoms with Gasteiger partial charge in [-0.2, -0.15) is 0 Å². The first-order valence-corrected chi connectivity index (χ1v) is 8.06. The number of aromatic nitrogens is 1. The number of thiazole rings is 1. The summed E-state index contributed by atoms with van der Waals surface area (Å²) in [6, 6.07) is 8.66. The summed E-state index contributed by atoms with van der Waals surface area (Å²) >= 11 is 1.40. The molecule has 1 aliphatic rings. The molecular weight excluding hydrogens is 316 g/mol. The monoisotopic (exact) mass is 332 g/mol. The smallest absolute Gasteiger partial charge is 0.289 e. The topological polar surface area (TPSA) is 83.6 Å². The number of morpholine rings is 1. The maximum absolute atomic E-state index is 12.1. The highest BCUT2D eigenvalue weighted by Crippen LogP contribution is 2.21. The summed E-state index contributed by atoms with van der Waals surface area (Å²) in [5.74, 6) is -0.812. The fourth-order valence-electron chi connectivity index (χ4n) is 2.11. The van der Waals surface area contributed by atoms with Gasteiger partial charge in [-0.3, -0.25) is 20.4 Å². The van der Waals surface area contributed by atoms with Gasteiger partial charge in [-0.1, -0.05) is 18.2 Å². The van der Waals surface area contributed by atoms with Crippen molar-refractivity contribution in [3.05, 3.63) is 47.0 Å². The summed E-state index contributed by atoms with van der Waals surface area (Å²) in [6.07, 6.45) is 0. The number of hydrazine groups is 1. The highest BCUT2D eigenvalue weighted by molar-refractivity contribution is 7.13. The number of anilines is 1. The zero-order valence-corrected chi connectivity index (χ0v) is 13.1. The van der Waals surface area contributed by atoms with E-state index in [0.29, 0.717) is 18.8 Å². The summed E-state index contributed by atoms with van der Waals surface area (Å²) in [6.45, 7) is 2.85. The third-order valence-electron chi connectivity index (χ3n) is 3.33. The van der Waals surface area contributed by atoms with E-state index in [1.54, 1.807) is 29.6 Å². The summed E-state index contributed by atoms with van der Waals surface area (Å²) in [5.41, 5.74) is 5.51. The Balaban J connectivity index is 1.56. The molecule has 2 N–H and O–H groups in total. The molecule has 1 saturated heterocycles. The Morgan fingerprint density at radius 2 is 1.78 bits per heavy atom. The van der Waals surface area contributed by atoms with Crippen molar-refractivity contribution in [1.29, 1.82) is 0 Å². The van der Waals surface area contributed by atoms with Crippen LogP contribution in [0, 0.1) is 0 Å². The molecule has 120 valence electrons. The van der Waals surface area contributed by atoms with Crippen molar-refractivity contribution in [2.75, 3.05) is 31.2 Å². The molecule has 0 radical (unpaired) electrons. The van der Waals surface area contributed by atoms with Gasteiger partial charge in [-0.15, -0.1) is 11.3 Å². The molecule has 0 saturated carbocycles. The van der Waals surface area contributed by atoms with Crippen LogP contribution in [-0.4, -0.2) is 43.1 Å². The number of hydrogen-bond donors (Lipinski definition) is 2. The quantitative estimate of drug-likeness (QED) is 0.821. The highest BCUT2D eigenvalue weighted by atomic mass is 32.1. The first-order valence-electron chi connectivity index (χ1n) is 7.18. The normalized spacial score (nSPS) is 14.3. The summed E-state index contributed by atoms with van der Waals surface area (Å²) in [4.78, 5) is 30.3. The van der Waals surface area contributed by atoms with Gasteiger partial charge < -0.3 is 9.64 Å². The number of nitrogens with zero attached hydrogens (tertiary/aromatic N) is 2. The Bertz CT molecular complexity index is 683. The van der Waals surface area contributed by atoms with Gasteiger partial charge in [-0.25, -0.2) is 4.98 Å². The molecule has 2 aromatic rings. The lowest BCUT2D eigenvalue weighted by atomic mass is 10.2. The molecule has 0 unspecified atom stereocenters. The average molecular weight is 332 g/mol. The van der Waals surface area contributed by atoms with Crippen LogP contribution < -0.4 is 15.8 Å². The third-order valence-corrected chi connectivity index (χ3v) is 4.23. The van der Waals surface area contributed by atoms with Crippen molar-refractivity contribution in [3.63, 3.8) is 0 Å². The zero-order chi connectivity index (χ0) is 16.1. The summed E-state index contributed by atoms with van der Waals surface area (Å²) in [7, 11) is 0. The van der Waals surface area contributed by atoms with Crippen LogP contribution in [0.1, 0.15) is 20.8 Å². The molecule has 7 nitrogen and oxygen atoms in total. The lowest BCUT2D eigenvalue weighted by Crippen LogP contribution is -2.41. The number of nitrogens with one attached hydrogen (secondary N) is 2. The van der Waals surface area contributed by atoms with Crippen molar-refractivity contribution >= 4 is 28.3 Å². The van der Waals surface area contributed by atoms with Gasteiger partial charge in [0.2, 0.25) is 0 Å². The third kappa shape index (κ3) is 3.85. The van der Waals surface area contributed by atoms with Crippen LogP contribution in [0.3, 0.4) is 0 Å². The minimum atomic E-state index is -0.440. The second-order valence-corrected chi connectivity index (χ2v) is 5.73. The number of rotatable bonds is 3. The van der Waals surface area contributed by atoms with Gasteiger partial charge in [-0.05, 0) is 12.1 Å². The Hall–Kier alpha value is -2.45. The van der Waals surface area contributed by atoms with Gasteiger partial charge in [0, 0.05) is 24.0 Å². The van der Waals surface area contributed by atoms with Crippen molar-refractivity contribution in [2.24, 2.45) is 0 Å². The highest BCUT2D eigenvalue weighted by Gasteiger charge is 2.17. The van der Waals surface area contributed by atoms with E-state index < -0.39 is 5.91 Å². The lowest BCUT2D eigenvalue weighted by Gasteiger charge is -2.25. The molecule has 1 aromatic carbocycles. The molecule has 2 amide bonds. The molecule has 23 heavy (non-hydrogen) atoms. The van der Waals surface area contributed by atoms with Crippen LogP contribution in [0.5, 0.6) is 0 Å². The standard InChI is InChI=1S/C15H16N4O3S/c20-13(11-4-2-1-3-5-11)17-18-14(21)12-10-23-15(16-12)19-6-8-22-9-7-19/h1-5,10H,6-9H2,(H,17,20)(H,18,21). The van der Waals surface area contributed by atoms with Crippen LogP contribution in [0.25, 0.3) is 0 Å². The molecule has 1 fully saturated rings. The maximum Gasteiger partial charge on any atom is 0.289 e. The number of carbonyl (C=O) groups excluding carboxylic acids is 2. The van der Waals surface area contributed by atoms with E-state index in [1.165, 1.54) is 11.3 Å². The molecule has 0 spiro atoms. The van der Waals surface area contributed by atoms with Crippen LogP contribution in [-0.2, 0) is 4.74 Å². The fraction of sp³-hybridized carbons (Fsp3) is 0.267. The Kier molecular flexibility index (Phi) is 4.84. The largest absolute Gasteiger partial charge is 0.378 e.